The van der Waals surface area contributed by atoms with Crippen molar-refractivity contribution in [3.05, 3.63) is 65.5 Å². The molecule has 18 heavy (non-hydrogen) atoms. The smallest absolute Gasteiger partial charge is 0.124 e. The van der Waals surface area contributed by atoms with Gasteiger partial charge in [0, 0.05) is 11.4 Å². The number of benzene rings is 2. The van der Waals surface area contributed by atoms with E-state index in [1.807, 2.05) is 24.3 Å². The van der Waals surface area contributed by atoms with E-state index in [1.54, 1.807) is 12.1 Å². The Hall–Kier alpha value is -1.52. The van der Waals surface area contributed by atoms with Crippen LogP contribution >= 0.6 is 0 Å². The molecule has 0 spiro atoms. The van der Waals surface area contributed by atoms with Gasteiger partial charge in [0.05, 0.1) is 16.6 Å². The molecular formula is C14H14FNOS. The van der Waals surface area contributed by atoms with Crippen molar-refractivity contribution in [3.63, 3.8) is 0 Å². The molecule has 0 aliphatic rings. The summed E-state index contributed by atoms with van der Waals surface area (Å²) in [4.78, 5) is 0.508. The van der Waals surface area contributed by atoms with Crippen LogP contribution in [0.5, 0.6) is 0 Å². The molecule has 1 atom stereocenters. The number of halogens is 1. The maximum absolute atomic E-state index is 13.0. The Morgan fingerprint density at radius 3 is 2.50 bits per heavy atom. The lowest BCUT2D eigenvalue weighted by Crippen LogP contribution is -2.00. The Morgan fingerprint density at radius 2 is 1.78 bits per heavy atom. The van der Waals surface area contributed by atoms with E-state index < -0.39 is 10.8 Å². The third-order valence-electron chi connectivity index (χ3n) is 2.58. The highest BCUT2D eigenvalue weighted by Gasteiger charge is 2.06. The van der Waals surface area contributed by atoms with E-state index in [1.165, 1.54) is 12.1 Å². The molecule has 2 aromatic carbocycles. The highest BCUT2D eigenvalue weighted by atomic mass is 32.2. The van der Waals surface area contributed by atoms with Gasteiger partial charge < -0.3 is 5.73 Å². The van der Waals surface area contributed by atoms with E-state index in [0.29, 0.717) is 17.2 Å². The zero-order chi connectivity index (χ0) is 13.0. The van der Waals surface area contributed by atoms with Crippen LogP contribution in [0.25, 0.3) is 0 Å². The minimum Gasteiger partial charge on any atom is -0.326 e. The molecule has 0 heterocycles. The minimum atomic E-state index is -1.24. The van der Waals surface area contributed by atoms with Crippen LogP contribution in [-0.4, -0.2) is 4.21 Å². The van der Waals surface area contributed by atoms with Gasteiger partial charge in [-0.2, -0.15) is 0 Å². The largest absolute Gasteiger partial charge is 0.326 e. The topological polar surface area (TPSA) is 43.1 Å². The highest BCUT2D eigenvalue weighted by Crippen LogP contribution is 2.14. The summed E-state index contributed by atoms with van der Waals surface area (Å²) >= 11 is 0. The summed E-state index contributed by atoms with van der Waals surface area (Å²) in [6.07, 6.45) is 0. The summed E-state index contributed by atoms with van der Waals surface area (Å²) in [5.41, 5.74) is 7.50. The molecule has 0 amide bonds. The zero-order valence-electron chi connectivity index (χ0n) is 9.80. The van der Waals surface area contributed by atoms with Crippen LogP contribution in [-0.2, 0) is 23.1 Å². The van der Waals surface area contributed by atoms with Gasteiger partial charge in [-0.3, -0.25) is 4.21 Å². The fourth-order valence-electron chi connectivity index (χ4n) is 1.69. The molecule has 0 bridgehead atoms. The monoisotopic (exact) mass is 263 g/mol. The third kappa shape index (κ3) is 3.24. The van der Waals surface area contributed by atoms with Crippen LogP contribution in [0, 0.1) is 5.82 Å². The second kappa shape index (κ2) is 5.89. The van der Waals surface area contributed by atoms with Gasteiger partial charge in [0.1, 0.15) is 5.82 Å². The van der Waals surface area contributed by atoms with Gasteiger partial charge in [0.15, 0.2) is 0 Å². The van der Waals surface area contributed by atoms with Crippen molar-refractivity contribution >= 4 is 10.8 Å². The van der Waals surface area contributed by atoms with Gasteiger partial charge in [0.25, 0.3) is 0 Å². The molecule has 2 rings (SSSR count). The van der Waals surface area contributed by atoms with E-state index in [4.69, 9.17) is 5.73 Å². The molecule has 2 nitrogen and oxygen atoms in total. The van der Waals surface area contributed by atoms with Crippen LogP contribution in [0.1, 0.15) is 11.1 Å². The first-order valence-electron chi connectivity index (χ1n) is 5.61. The molecule has 0 aliphatic heterocycles. The molecule has 1 unspecified atom stereocenters. The zero-order valence-corrected chi connectivity index (χ0v) is 10.6. The van der Waals surface area contributed by atoms with Gasteiger partial charge >= 0.3 is 0 Å². The summed E-state index contributed by atoms with van der Waals surface area (Å²) < 4.78 is 25.1. The van der Waals surface area contributed by atoms with Crippen molar-refractivity contribution in [3.8, 4) is 0 Å². The van der Waals surface area contributed by atoms with Crippen LogP contribution in [0.2, 0.25) is 0 Å². The molecule has 2 aromatic rings. The molecule has 0 aromatic heterocycles. The van der Waals surface area contributed by atoms with Gasteiger partial charge in [-0.05, 0) is 29.3 Å². The Labute approximate surface area is 108 Å². The van der Waals surface area contributed by atoms with E-state index in [-0.39, 0.29) is 5.82 Å². The number of rotatable bonds is 4. The minimum absolute atomic E-state index is 0.364. The van der Waals surface area contributed by atoms with Crippen molar-refractivity contribution in [1.29, 1.82) is 0 Å². The SMILES string of the molecule is NCc1cccc(CS(=O)c2cccc(F)c2)c1. The summed E-state index contributed by atoms with van der Waals surface area (Å²) in [6, 6.07) is 13.5. The van der Waals surface area contributed by atoms with Crippen molar-refractivity contribution in [1.82, 2.24) is 0 Å². The van der Waals surface area contributed by atoms with Crippen LogP contribution in [0.15, 0.2) is 53.4 Å². The van der Waals surface area contributed by atoms with E-state index in [9.17, 15) is 8.60 Å². The summed E-state index contributed by atoms with van der Waals surface area (Å²) in [5.74, 6) is 0.00802. The molecular weight excluding hydrogens is 249 g/mol. The maximum Gasteiger partial charge on any atom is 0.124 e. The predicted molar refractivity (Wildman–Crippen MR) is 70.8 cm³/mol. The van der Waals surface area contributed by atoms with E-state index in [2.05, 4.69) is 0 Å². The first-order chi connectivity index (χ1) is 8.69. The van der Waals surface area contributed by atoms with Crippen molar-refractivity contribution in [2.24, 2.45) is 5.73 Å². The van der Waals surface area contributed by atoms with Crippen molar-refractivity contribution in [2.45, 2.75) is 17.2 Å². The number of hydrogen-bond donors (Lipinski definition) is 1. The van der Waals surface area contributed by atoms with E-state index in [0.717, 1.165) is 11.1 Å². The van der Waals surface area contributed by atoms with Crippen LogP contribution in [0.3, 0.4) is 0 Å². The average molecular weight is 263 g/mol. The predicted octanol–water partition coefficient (Wildman–Crippen LogP) is 2.59. The lowest BCUT2D eigenvalue weighted by molar-refractivity contribution is 0.622. The molecule has 0 saturated heterocycles. The normalized spacial score (nSPS) is 12.3. The average Bonchev–Trinajstić information content (AvgIpc) is 2.39. The highest BCUT2D eigenvalue weighted by molar-refractivity contribution is 7.84. The molecule has 0 aliphatic carbocycles. The summed E-state index contributed by atoms with van der Waals surface area (Å²) in [6.45, 7) is 0.459. The van der Waals surface area contributed by atoms with Crippen LogP contribution < -0.4 is 5.73 Å². The maximum atomic E-state index is 13.0. The molecule has 4 heteroatoms. The molecule has 2 N–H and O–H groups in total. The molecule has 0 radical (unpaired) electrons. The van der Waals surface area contributed by atoms with Crippen molar-refractivity contribution in [2.75, 3.05) is 0 Å². The fraction of sp³-hybridized carbons (Fsp3) is 0.143. The Balaban J connectivity index is 2.16. The lowest BCUT2D eigenvalue weighted by atomic mass is 10.1. The second-order valence-corrected chi connectivity index (χ2v) is 5.42. The molecule has 0 fully saturated rings. The molecule has 94 valence electrons. The van der Waals surface area contributed by atoms with Crippen LogP contribution in [0.4, 0.5) is 4.39 Å². The van der Waals surface area contributed by atoms with Gasteiger partial charge in [-0.25, -0.2) is 4.39 Å². The van der Waals surface area contributed by atoms with Gasteiger partial charge in [0.2, 0.25) is 0 Å². The Morgan fingerprint density at radius 1 is 1.06 bits per heavy atom. The quantitative estimate of drug-likeness (QED) is 0.921. The van der Waals surface area contributed by atoms with E-state index >= 15 is 0 Å². The Bertz CT molecular complexity index is 571. The van der Waals surface area contributed by atoms with Gasteiger partial charge in [-0.1, -0.05) is 30.3 Å². The lowest BCUT2D eigenvalue weighted by Gasteiger charge is -2.04. The van der Waals surface area contributed by atoms with Crippen molar-refractivity contribution < 1.29 is 8.60 Å². The first kappa shape index (κ1) is 12.9. The second-order valence-electron chi connectivity index (χ2n) is 3.97. The van der Waals surface area contributed by atoms with Gasteiger partial charge in [-0.15, -0.1) is 0 Å². The molecule has 0 saturated carbocycles. The summed E-state index contributed by atoms with van der Waals surface area (Å²) in [7, 11) is -1.24. The number of hydrogen-bond acceptors (Lipinski definition) is 2. The standard InChI is InChI=1S/C14H14FNOS/c15-13-5-2-6-14(8-13)18(17)10-12-4-1-3-11(7-12)9-16/h1-8H,9-10,16H2. The number of nitrogens with two attached hydrogens (primary N) is 1. The fourth-order valence-corrected chi connectivity index (χ4v) is 2.81. The third-order valence-corrected chi connectivity index (χ3v) is 3.96. The first-order valence-corrected chi connectivity index (χ1v) is 6.93. The summed E-state index contributed by atoms with van der Waals surface area (Å²) in [5, 5.41) is 0. The Kier molecular flexibility index (Phi) is 4.23.